The van der Waals surface area contributed by atoms with Gasteiger partial charge in [-0.2, -0.15) is 0 Å². The molecular formula is C19H20N4O. The second-order valence-electron chi connectivity index (χ2n) is 6.18. The van der Waals surface area contributed by atoms with Crippen LogP contribution in [0.25, 0.3) is 16.7 Å². The maximum atomic E-state index is 12.6. The Labute approximate surface area is 140 Å². The molecule has 1 unspecified atom stereocenters. The van der Waals surface area contributed by atoms with Crippen LogP contribution in [0.4, 0.5) is 0 Å². The average Bonchev–Trinajstić information content (AvgIpc) is 3.28. The Morgan fingerprint density at radius 3 is 2.71 bits per heavy atom. The maximum Gasteiger partial charge on any atom is 0.253 e. The number of hydrogen-bond acceptors (Lipinski definition) is 3. The van der Waals surface area contributed by atoms with Crippen LogP contribution in [0.2, 0.25) is 0 Å². The summed E-state index contributed by atoms with van der Waals surface area (Å²) in [5.41, 5.74) is 3.77. The molecule has 122 valence electrons. The van der Waals surface area contributed by atoms with E-state index in [0.29, 0.717) is 6.04 Å². The molecule has 1 amide bonds. The lowest BCUT2D eigenvalue weighted by atomic mass is 10.1. The molecule has 1 aliphatic rings. The SMILES string of the molecule is CNC1CCN(C(=O)c2ccc(-n3cnc4ccccc43)cc2)C1. The highest BCUT2D eigenvalue weighted by atomic mass is 16.2. The van der Waals surface area contributed by atoms with Crippen LogP contribution >= 0.6 is 0 Å². The fourth-order valence-electron chi connectivity index (χ4n) is 3.29. The average molecular weight is 320 g/mol. The number of likely N-dealkylation sites (tertiary alicyclic amines) is 1. The number of amides is 1. The van der Waals surface area contributed by atoms with Crippen molar-refractivity contribution in [2.24, 2.45) is 0 Å². The van der Waals surface area contributed by atoms with Crippen molar-refractivity contribution in [3.63, 3.8) is 0 Å². The van der Waals surface area contributed by atoms with Gasteiger partial charge >= 0.3 is 0 Å². The summed E-state index contributed by atoms with van der Waals surface area (Å²) in [6.45, 7) is 1.60. The second kappa shape index (κ2) is 6.09. The molecule has 0 saturated carbocycles. The summed E-state index contributed by atoms with van der Waals surface area (Å²) in [6.07, 6.45) is 2.83. The number of nitrogens with one attached hydrogen (secondary N) is 1. The molecule has 4 rings (SSSR count). The first-order valence-electron chi connectivity index (χ1n) is 8.25. The van der Waals surface area contributed by atoms with Gasteiger partial charge in [0, 0.05) is 30.4 Å². The van der Waals surface area contributed by atoms with E-state index in [1.165, 1.54) is 0 Å². The largest absolute Gasteiger partial charge is 0.337 e. The third-order valence-electron chi connectivity index (χ3n) is 4.73. The van der Waals surface area contributed by atoms with Crippen LogP contribution in [0.15, 0.2) is 54.9 Å². The van der Waals surface area contributed by atoms with E-state index in [2.05, 4.69) is 10.3 Å². The molecule has 1 aromatic heterocycles. The summed E-state index contributed by atoms with van der Waals surface area (Å²) in [6, 6.07) is 16.2. The molecule has 3 aromatic rings. The first-order chi connectivity index (χ1) is 11.8. The molecule has 1 saturated heterocycles. The van der Waals surface area contributed by atoms with Crippen LogP contribution in [0, 0.1) is 0 Å². The van der Waals surface area contributed by atoms with E-state index in [-0.39, 0.29) is 5.91 Å². The Morgan fingerprint density at radius 2 is 1.96 bits per heavy atom. The molecule has 0 aliphatic carbocycles. The molecule has 2 aromatic carbocycles. The van der Waals surface area contributed by atoms with Crippen LogP contribution in [0.5, 0.6) is 0 Å². The van der Waals surface area contributed by atoms with E-state index >= 15 is 0 Å². The van der Waals surface area contributed by atoms with Crippen molar-refractivity contribution in [1.29, 1.82) is 0 Å². The summed E-state index contributed by atoms with van der Waals surface area (Å²) in [5.74, 6) is 0.106. The summed E-state index contributed by atoms with van der Waals surface area (Å²) < 4.78 is 2.04. The lowest BCUT2D eigenvalue weighted by molar-refractivity contribution is 0.0789. The molecule has 24 heavy (non-hydrogen) atoms. The van der Waals surface area contributed by atoms with Gasteiger partial charge in [-0.15, -0.1) is 0 Å². The number of imidazole rings is 1. The fraction of sp³-hybridized carbons (Fsp3) is 0.263. The number of benzene rings is 2. The van der Waals surface area contributed by atoms with Crippen LogP contribution in [-0.2, 0) is 0 Å². The predicted molar refractivity (Wildman–Crippen MR) is 94.4 cm³/mol. The number of aromatic nitrogens is 2. The van der Waals surface area contributed by atoms with E-state index in [0.717, 1.165) is 41.8 Å². The predicted octanol–water partition coefficient (Wildman–Crippen LogP) is 2.46. The minimum absolute atomic E-state index is 0.106. The quantitative estimate of drug-likeness (QED) is 0.806. The molecule has 1 aliphatic heterocycles. The molecule has 1 N–H and O–H groups in total. The van der Waals surface area contributed by atoms with Gasteiger partial charge < -0.3 is 10.2 Å². The first kappa shape index (κ1) is 14.9. The molecule has 0 bridgehead atoms. The van der Waals surface area contributed by atoms with Gasteiger partial charge in [0.25, 0.3) is 5.91 Å². The van der Waals surface area contributed by atoms with Gasteiger partial charge in [-0.3, -0.25) is 9.36 Å². The first-order valence-corrected chi connectivity index (χ1v) is 8.25. The normalized spacial score (nSPS) is 17.5. The minimum atomic E-state index is 0.106. The van der Waals surface area contributed by atoms with Gasteiger partial charge in [0.15, 0.2) is 0 Å². The smallest absolute Gasteiger partial charge is 0.253 e. The van der Waals surface area contributed by atoms with Crippen molar-refractivity contribution < 1.29 is 4.79 Å². The van der Waals surface area contributed by atoms with Gasteiger partial charge in [0.1, 0.15) is 6.33 Å². The van der Waals surface area contributed by atoms with E-state index < -0.39 is 0 Å². The van der Waals surface area contributed by atoms with Gasteiger partial charge in [0.05, 0.1) is 11.0 Å². The Balaban J connectivity index is 1.58. The van der Waals surface area contributed by atoms with Crippen molar-refractivity contribution in [2.75, 3.05) is 20.1 Å². The Kier molecular flexibility index (Phi) is 3.78. The highest BCUT2D eigenvalue weighted by molar-refractivity contribution is 5.94. The molecule has 1 atom stereocenters. The van der Waals surface area contributed by atoms with Gasteiger partial charge in [-0.05, 0) is 49.9 Å². The number of carbonyl (C=O) groups is 1. The number of hydrogen-bond donors (Lipinski definition) is 1. The topological polar surface area (TPSA) is 50.2 Å². The maximum absolute atomic E-state index is 12.6. The van der Waals surface area contributed by atoms with Crippen LogP contribution < -0.4 is 5.32 Å². The van der Waals surface area contributed by atoms with E-state index in [9.17, 15) is 4.79 Å². The molecule has 0 spiro atoms. The third-order valence-corrected chi connectivity index (χ3v) is 4.73. The zero-order chi connectivity index (χ0) is 16.5. The highest BCUT2D eigenvalue weighted by Crippen LogP contribution is 2.19. The number of fused-ring (bicyclic) bond motifs is 1. The van der Waals surface area contributed by atoms with Crippen LogP contribution in [0.3, 0.4) is 0 Å². The standard InChI is InChI=1S/C19H20N4O/c1-20-15-10-11-22(12-15)19(24)14-6-8-16(9-7-14)23-13-21-17-4-2-3-5-18(17)23/h2-9,13,15,20H,10-12H2,1H3. The van der Waals surface area contributed by atoms with Crippen molar-refractivity contribution in [3.05, 3.63) is 60.4 Å². The summed E-state index contributed by atoms with van der Waals surface area (Å²) in [4.78, 5) is 18.9. The van der Waals surface area contributed by atoms with Crippen LogP contribution in [0.1, 0.15) is 16.8 Å². The lowest BCUT2D eigenvalue weighted by Crippen LogP contribution is -2.33. The van der Waals surface area contributed by atoms with Crippen molar-refractivity contribution in [1.82, 2.24) is 19.8 Å². The van der Waals surface area contributed by atoms with Crippen molar-refractivity contribution in [2.45, 2.75) is 12.5 Å². The number of likely N-dealkylation sites (N-methyl/N-ethyl adjacent to an activating group) is 1. The van der Waals surface area contributed by atoms with Crippen LogP contribution in [-0.4, -0.2) is 46.5 Å². The molecule has 1 fully saturated rings. The summed E-state index contributed by atoms with van der Waals surface area (Å²) in [5, 5.41) is 3.24. The molecular weight excluding hydrogens is 300 g/mol. The van der Waals surface area contributed by atoms with E-state index in [1.54, 1.807) is 0 Å². The van der Waals surface area contributed by atoms with Gasteiger partial charge in [-0.25, -0.2) is 4.98 Å². The zero-order valence-corrected chi connectivity index (χ0v) is 13.6. The molecule has 5 heteroatoms. The fourth-order valence-corrected chi connectivity index (χ4v) is 3.29. The molecule has 2 heterocycles. The molecule has 5 nitrogen and oxygen atoms in total. The summed E-state index contributed by atoms with van der Waals surface area (Å²) >= 11 is 0. The Bertz CT molecular complexity index is 868. The highest BCUT2D eigenvalue weighted by Gasteiger charge is 2.25. The third kappa shape index (κ3) is 2.57. The minimum Gasteiger partial charge on any atom is -0.337 e. The molecule has 0 radical (unpaired) electrons. The van der Waals surface area contributed by atoms with Crippen molar-refractivity contribution in [3.8, 4) is 5.69 Å². The van der Waals surface area contributed by atoms with E-state index in [4.69, 9.17) is 0 Å². The second-order valence-corrected chi connectivity index (χ2v) is 6.18. The summed E-state index contributed by atoms with van der Waals surface area (Å²) in [7, 11) is 1.95. The number of para-hydroxylation sites is 2. The monoisotopic (exact) mass is 320 g/mol. The van der Waals surface area contributed by atoms with E-state index in [1.807, 2.05) is 71.4 Å². The Morgan fingerprint density at radius 1 is 1.17 bits per heavy atom. The zero-order valence-electron chi connectivity index (χ0n) is 13.6. The lowest BCUT2D eigenvalue weighted by Gasteiger charge is -2.16. The number of carbonyl (C=O) groups excluding carboxylic acids is 1. The van der Waals surface area contributed by atoms with Gasteiger partial charge in [-0.1, -0.05) is 12.1 Å². The number of rotatable bonds is 3. The van der Waals surface area contributed by atoms with Gasteiger partial charge in [0.2, 0.25) is 0 Å². The Hall–Kier alpha value is -2.66. The van der Waals surface area contributed by atoms with Crippen molar-refractivity contribution >= 4 is 16.9 Å². The number of nitrogens with zero attached hydrogens (tertiary/aromatic N) is 3.